The molecule has 30 heavy (non-hydrogen) atoms. The molecule has 2 aromatic heterocycles. The zero-order chi connectivity index (χ0) is 21.1. The second-order valence-corrected chi connectivity index (χ2v) is 7.70. The van der Waals surface area contributed by atoms with Crippen molar-refractivity contribution in [1.29, 1.82) is 0 Å². The summed E-state index contributed by atoms with van der Waals surface area (Å²) in [4.78, 5) is 2.29. The second kappa shape index (κ2) is 8.55. The first-order valence-corrected chi connectivity index (χ1v) is 10.0. The molecule has 4 aromatic rings. The molecule has 2 heterocycles. The van der Waals surface area contributed by atoms with E-state index >= 15 is 0 Å². The summed E-state index contributed by atoms with van der Waals surface area (Å²) in [5, 5.41) is 12.1. The van der Waals surface area contributed by atoms with E-state index in [9.17, 15) is 0 Å². The van der Waals surface area contributed by atoms with Crippen LogP contribution >= 0.6 is 0 Å². The standard InChI is InChI=1S/C24H27N5O/c1-17-23(18(2)26-25-17)16-28(3)14-20-15-29(4)27-24(20)19-10-12-22(13-11-19)30-21-8-6-5-7-9-21/h5-13,15H,14,16H2,1-4H3,(H,25,26). The summed E-state index contributed by atoms with van der Waals surface area (Å²) in [5.74, 6) is 1.64. The molecule has 6 nitrogen and oxygen atoms in total. The van der Waals surface area contributed by atoms with Gasteiger partial charge in [0.05, 0.1) is 11.4 Å². The fourth-order valence-electron chi connectivity index (χ4n) is 3.63. The highest BCUT2D eigenvalue weighted by atomic mass is 16.5. The van der Waals surface area contributed by atoms with Crippen molar-refractivity contribution in [3.8, 4) is 22.8 Å². The number of para-hydroxylation sites is 1. The molecule has 0 aliphatic rings. The molecule has 154 valence electrons. The molecule has 4 rings (SSSR count). The quantitative estimate of drug-likeness (QED) is 0.481. The van der Waals surface area contributed by atoms with Gasteiger partial charge in [0.25, 0.3) is 0 Å². The lowest BCUT2D eigenvalue weighted by molar-refractivity contribution is 0.318. The van der Waals surface area contributed by atoms with Crippen LogP contribution in [-0.4, -0.2) is 31.9 Å². The molecule has 0 atom stereocenters. The molecule has 0 fully saturated rings. The number of hydrogen-bond donors (Lipinski definition) is 1. The summed E-state index contributed by atoms with van der Waals surface area (Å²) < 4.78 is 7.78. The Kier molecular flexibility index (Phi) is 5.68. The number of rotatable bonds is 7. The molecular formula is C24H27N5O. The topological polar surface area (TPSA) is 59.0 Å². The number of ether oxygens (including phenoxy) is 1. The average Bonchev–Trinajstić information content (AvgIpc) is 3.25. The normalized spacial score (nSPS) is 11.2. The number of aryl methyl sites for hydroxylation is 3. The molecule has 0 aliphatic heterocycles. The third-order valence-corrected chi connectivity index (χ3v) is 5.16. The smallest absolute Gasteiger partial charge is 0.127 e. The first-order valence-electron chi connectivity index (χ1n) is 10.0. The van der Waals surface area contributed by atoms with Gasteiger partial charge in [0.15, 0.2) is 0 Å². The molecule has 0 saturated heterocycles. The molecule has 0 radical (unpaired) electrons. The van der Waals surface area contributed by atoms with E-state index in [0.29, 0.717) is 0 Å². The van der Waals surface area contributed by atoms with Crippen LogP contribution in [0.15, 0.2) is 60.8 Å². The fourth-order valence-corrected chi connectivity index (χ4v) is 3.63. The summed E-state index contributed by atoms with van der Waals surface area (Å²) in [6.07, 6.45) is 2.09. The Morgan fingerprint density at radius 2 is 1.67 bits per heavy atom. The molecule has 1 N–H and O–H groups in total. The molecule has 0 saturated carbocycles. The van der Waals surface area contributed by atoms with Crippen molar-refractivity contribution in [2.75, 3.05) is 7.05 Å². The van der Waals surface area contributed by atoms with E-state index in [-0.39, 0.29) is 0 Å². The van der Waals surface area contributed by atoms with Crippen LogP contribution < -0.4 is 4.74 Å². The minimum Gasteiger partial charge on any atom is -0.457 e. The Balaban J connectivity index is 1.50. The van der Waals surface area contributed by atoms with Crippen LogP contribution in [0.2, 0.25) is 0 Å². The Bertz CT molecular complexity index is 1090. The van der Waals surface area contributed by atoms with E-state index in [1.54, 1.807) is 0 Å². The lowest BCUT2D eigenvalue weighted by atomic mass is 10.1. The molecule has 0 amide bonds. The number of aromatic amines is 1. The Morgan fingerprint density at radius 3 is 2.33 bits per heavy atom. The largest absolute Gasteiger partial charge is 0.457 e. The van der Waals surface area contributed by atoms with E-state index < -0.39 is 0 Å². The van der Waals surface area contributed by atoms with Crippen molar-refractivity contribution in [2.45, 2.75) is 26.9 Å². The van der Waals surface area contributed by atoms with Crippen molar-refractivity contribution in [3.05, 3.63) is 83.3 Å². The number of benzene rings is 2. The van der Waals surface area contributed by atoms with Crippen LogP contribution in [0.4, 0.5) is 0 Å². The van der Waals surface area contributed by atoms with Crippen LogP contribution in [0.5, 0.6) is 11.5 Å². The van der Waals surface area contributed by atoms with E-state index in [0.717, 1.165) is 47.2 Å². The zero-order valence-electron chi connectivity index (χ0n) is 17.9. The number of H-pyrrole nitrogens is 1. The van der Waals surface area contributed by atoms with Gasteiger partial charge in [0.1, 0.15) is 11.5 Å². The van der Waals surface area contributed by atoms with E-state index in [1.165, 1.54) is 11.1 Å². The number of nitrogens with one attached hydrogen (secondary N) is 1. The van der Waals surface area contributed by atoms with Crippen LogP contribution in [0.25, 0.3) is 11.3 Å². The van der Waals surface area contributed by atoms with E-state index in [4.69, 9.17) is 9.84 Å². The molecule has 2 aromatic carbocycles. The van der Waals surface area contributed by atoms with Gasteiger partial charge in [0.2, 0.25) is 0 Å². The molecular weight excluding hydrogens is 374 g/mol. The van der Waals surface area contributed by atoms with Gasteiger partial charge in [-0.05, 0) is 57.3 Å². The SMILES string of the molecule is Cc1n[nH]c(C)c1CN(C)Cc1cn(C)nc1-c1ccc(Oc2ccccc2)cc1. The van der Waals surface area contributed by atoms with Crippen LogP contribution in [0.3, 0.4) is 0 Å². The third kappa shape index (κ3) is 4.44. The molecule has 0 aliphatic carbocycles. The Morgan fingerprint density at radius 1 is 0.967 bits per heavy atom. The van der Waals surface area contributed by atoms with E-state index in [2.05, 4.69) is 47.4 Å². The predicted molar refractivity (Wildman–Crippen MR) is 118 cm³/mol. The van der Waals surface area contributed by atoms with Crippen LogP contribution in [0, 0.1) is 13.8 Å². The average molecular weight is 402 g/mol. The second-order valence-electron chi connectivity index (χ2n) is 7.70. The van der Waals surface area contributed by atoms with Gasteiger partial charge in [-0.25, -0.2) is 0 Å². The highest BCUT2D eigenvalue weighted by Gasteiger charge is 2.15. The third-order valence-electron chi connectivity index (χ3n) is 5.16. The van der Waals surface area contributed by atoms with Gasteiger partial charge in [-0.3, -0.25) is 14.7 Å². The summed E-state index contributed by atoms with van der Waals surface area (Å²) >= 11 is 0. The summed E-state index contributed by atoms with van der Waals surface area (Å²) in [6.45, 7) is 5.75. The molecule has 0 unspecified atom stereocenters. The maximum atomic E-state index is 5.91. The van der Waals surface area contributed by atoms with Gasteiger partial charge >= 0.3 is 0 Å². The van der Waals surface area contributed by atoms with E-state index in [1.807, 2.05) is 61.1 Å². The van der Waals surface area contributed by atoms with Crippen molar-refractivity contribution < 1.29 is 4.74 Å². The number of aromatic nitrogens is 4. The van der Waals surface area contributed by atoms with Crippen molar-refractivity contribution in [2.24, 2.45) is 7.05 Å². The maximum Gasteiger partial charge on any atom is 0.127 e. The van der Waals surface area contributed by atoms with Gasteiger partial charge in [-0.1, -0.05) is 18.2 Å². The van der Waals surface area contributed by atoms with Gasteiger partial charge in [0, 0.05) is 48.7 Å². The van der Waals surface area contributed by atoms with Gasteiger partial charge < -0.3 is 4.74 Å². The maximum absolute atomic E-state index is 5.91. The first-order chi connectivity index (χ1) is 14.5. The first kappa shape index (κ1) is 19.9. The highest BCUT2D eigenvalue weighted by Crippen LogP contribution is 2.28. The minimum atomic E-state index is 0.801. The number of nitrogens with zero attached hydrogens (tertiary/aromatic N) is 4. The van der Waals surface area contributed by atoms with Crippen molar-refractivity contribution in [3.63, 3.8) is 0 Å². The highest BCUT2D eigenvalue weighted by molar-refractivity contribution is 5.63. The Hall–Kier alpha value is -3.38. The fraction of sp³-hybridized carbons (Fsp3) is 0.250. The van der Waals surface area contributed by atoms with Crippen LogP contribution in [0.1, 0.15) is 22.5 Å². The summed E-state index contributed by atoms with van der Waals surface area (Å²) in [6, 6.07) is 17.9. The van der Waals surface area contributed by atoms with Crippen molar-refractivity contribution >= 4 is 0 Å². The summed E-state index contributed by atoms with van der Waals surface area (Å²) in [7, 11) is 4.09. The molecule has 0 bridgehead atoms. The lowest BCUT2D eigenvalue weighted by Gasteiger charge is -2.17. The van der Waals surface area contributed by atoms with Gasteiger partial charge in [-0.15, -0.1) is 0 Å². The lowest BCUT2D eigenvalue weighted by Crippen LogP contribution is -2.18. The minimum absolute atomic E-state index is 0.801. The zero-order valence-corrected chi connectivity index (χ0v) is 17.9. The monoisotopic (exact) mass is 401 g/mol. The molecule has 6 heteroatoms. The number of hydrogen-bond acceptors (Lipinski definition) is 4. The van der Waals surface area contributed by atoms with Crippen molar-refractivity contribution in [1.82, 2.24) is 24.9 Å². The van der Waals surface area contributed by atoms with Crippen LogP contribution in [-0.2, 0) is 20.1 Å². The predicted octanol–water partition coefficient (Wildman–Crippen LogP) is 4.85. The Labute approximate surface area is 177 Å². The summed E-state index contributed by atoms with van der Waals surface area (Å²) in [5.41, 5.74) is 6.70. The van der Waals surface area contributed by atoms with Gasteiger partial charge in [-0.2, -0.15) is 10.2 Å². The molecule has 0 spiro atoms.